The summed E-state index contributed by atoms with van der Waals surface area (Å²) in [6, 6.07) is 28.0. The zero-order valence-electron chi connectivity index (χ0n) is 19.3. The van der Waals surface area contributed by atoms with Gasteiger partial charge in [-0.2, -0.15) is 9.61 Å². The first-order valence-electron chi connectivity index (χ1n) is 11.1. The van der Waals surface area contributed by atoms with Crippen molar-refractivity contribution in [1.82, 2.24) is 19.8 Å². The Hall–Kier alpha value is -4.17. The molecular formula is C27H23N5O2S. The normalized spacial score (nSPS) is 10.9. The van der Waals surface area contributed by atoms with Gasteiger partial charge in [0.1, 0.15) is 5.75 Å². The summed E-state index contributed by atoms with van der Waals surface area (Å²) >= 11 is 1.28. The Bertz CT molecular complexity index is 1480. The summed E-state index contributed by atoms with van der Waals surface area (Å²) in [6.45, 7) is 1.96. The largest absolute Gasteiger partial charge is 0.495 e. The van der Waals surface area contributed by atoms with Crippen LogP contribution in [0.5, 0.6) is 5.75 Å². The highest BCUT2D eigenvalue weighted by Crippen LogP contribution is 2.27. The van der Waals surface area contributed by atoms with Crippen LogP contribution < -0.4 is 10.1 Å². The Morgan fingerprint density at radius 1 is 0.914 bits per heavy atom. The zero-order chi connectivity index (χ0) is 24.2. The van der Waals surface area contributed by atoms with Gasteiger partial charge in [0.15, 0.2) is 5.65 Å². The molecule has 2 heterocycles. The van der Waals surface area contributed by atoms with Gasteiger partial charge in [-0.1, -0.05) is 72.4 Å². The molecule has 3 aromatic carbocycles. The van der Waals surface area contributed by atoms with Crippen molar-refractivity contribution >= 4 is 29.0 Å². The van der Waals surface area contributed by atoms with E-state index in [-0.39, 0.29) is 11.7 Å². The highest BCUT2D eigenvalue weighted by molar-refractivity contribution is 7.99. The lowest BCUT2D eigenvalue weighted by atomic mass is 10.0. The summed E-state index contributed by atoms with van der Waals surface area (Å²) in [5.41, 5.74) is 6.40. The molecule has 0 aliphatic rings. The summed E-state index contributed by atoms with van der Waals surface area (Å²) < 4.78 is 7.01. The van der Waals surface area contributed by atoms with Crippen LogP contribution in [0.25, 0.3) is 28.0 Å². The van der Waals surface area contributed by atoms with Crippen LogP contribution in [0, 0.1) is 6.92 Å². The number of nitrogens with zero attached hydrogens (tertiary/aromatic N) is 4. The van der Waals surface area contributed by atoms with E-state index in [1.807, 2.05) is 55.5 Å². The molecule has 5 rings (SSSR count). The molecule has 0 spiro atoms. The van der Waals surface area contributed by atoms with Gasteiger partial charge in [-0.05, 0) is 47.9 Å². The molecular weight excluding hydrogens is 458 g/mol. The van der Waals surface area contributed by atoms with Crippen LogP contribution >= 0.6 is 11.8 Å². The molecule has 2 aromatic heterocycles. The van der Waals surface area contributed by atoms with Gasteiger partial charge in [0.25, 0.3) is 0 Å². The first-order chi connectivity index (χ1) is 17.1. The Morgan fingerprint density at radius 2 is 1.66 bits per heavy atom. The van der Waals surface area contributed by atoms with E-state index in [4.69, 9.17) is 9.84 Å². The first-order valence-corrected chi connectivity index (χ1v) is 12.0. The molecule has 0 bridgehead atoms. The summed E-state index contributed by atoms with van der Waals surface area (Å²) in [6.07, 6.45) is 0. The van der Waals surface area contributed by atoms with E-state index >= 15 is 0 Å². The van der Waals surface area contributed by atoms with Crippen LogP contribution in [0.1, 0.15) is 5.56 Å². The number of amides is 1. The number of anilines is 1. The van der Waals surface area contributed by atoms with E-state index < -0.39 is 0 Å². The maximum absolute atomic E-state index is 12.6. The minimum Gasteiger partial charge on any atom is -0.495 e. The fourth-order valence-electron chi connectivity index (χ4n) is 3.71. The van der Waals surface area contributed by atoms with Crippen molar-refractivity contribution in [1.29, 1.82) is 0 Å². The second-order valence-corrected chi connectivity index (χ2v) is 8.90. The minimum absolute atomic E-state index is 0.162. The van der Waals surface area contributed by atoms with Crippen LogP contribution in [0.2, 0.25) is 0 Å². The number of thioether (sulfide) groups is 1. The minimum atomic E-state index is -0.164. The molecule has 0 fully saturated rings. The summed E-state index contributed by atoms with van der Waals surface area (Å²) in [5.74, 6) is 0.616. The van der Waals surface area contributed by atoms with Crippen molar-refractivity contribution < 1.29 is 9.53 Å². The van der Waals surface area contributed by atoms with Crippen LogP contribution in [0.15, 0.2) is 90.1 Å². The van der Waals surface area contributed by atoms with Gasteiger partial charge in [0.05, 0.1) is 24.2 Å². The van der Waals surface area contributed by atoms with Gasteiger partial charge in [-0.3, -0.25) is 4.79 Å². The van der Waals surface area contributed by atoms with Crippen molar-refractivity contribution in [2.45, 2.75) is 12.1 Å². The van der Waals surface area contributed by atoms with E-state index in [9.17, 15) is 4.79 Å². The number of aromatic nitrogens is 4. The van der Waals surface area contributed by atoms with Gasteiger partial charge in [-0.25, -0.2) is 0 Å². The lowest BCUT2D eigenvalue weighted by Gasteiger charge is -2.10. The highest BCUT2D eigenvalue weighted by atomic mass is 32.2. The number of hydrogen-bond donors (Lipinski definition) is 1. The van der Waals surface area contributed by atoms with Crippen LogP contribution in [-0.2, 0) is 4.79 Å². The van der Waals surface area contributed by atoms with Gasteiger partial charge in [0, 0.05) is 5.56 Å². The second kappa shape index (κ2) is 9.99. The third-order valence-corrected chi connectivity index (χ3v) is 6.40. The molecule has 174 valence electrons. The van der Waals surface area contributed by atoms with E-state index in [2.05, 4.69) is 51.9 Å². The number of carbonyl (C=O) groups excluding carboxylic acids is 1. The molecule has 7 nitrogen and oxygen atoms in total. The number of fused-ring (bicyclic) bond motifs is 1. The van der Waals surface area contributed by atoms with Gasteiger partial charge < -0.3 is 10.1 Å². The summed E-state index contributed by atoms with van der Waals surface area (Å²) in [4.78, 5) is 12.6. The van der Waals surface area contributed by atoms with Crippen molar-refractivity contribution in [2.24, 2.45) is 0 Å². The molecule has 0 aliphatic heterocycles. The fraction of sp³-hybridized carbons (Fsp3) is 0.111. The highest BCUT2D eigenvalue weighted by Gasteiger charge is 2.13. The van der Waals surface area contributed by atoms with Gasteiger partial charge in [0.2, 0.25) is 11.1 Å². The number of nitrogens with one attached hydrogen (secondary N) is 1. The lowest BCUT2D eigenvalue weighted by molar-refractivity contribution is -0.113. The van der Waals surface area contributed by atoms with Crippen molar-refractivity contribution in [3.8, 4) is 28.1 Å². The zero-order valence-corrected chi connectivity index (χ0v) is 20.1. The summed E-state index contributed by atoms with van der Waals surface area (Å²) in [5, 5.41) is 16.6. The second-order valence-electron chi connectivity index (χ2n) is 7.96. The number of aryl methyl sites for hydroxylation is 1. The van der Waals surface area contributed by atoms with Gasteiger partial charge >= 0.3 is 0 Å². The number of rotatable bonds is 7. The maximum atomic E-state index is 12.6. The molecule has 0 saturated carbocycles. The van der Waals surface area contributed by atoms with Crippen molar-refractivity contribution in [2.75, 3.05) is 18.2 Å². The first kappa shape index (κ1) is 22.6. The smallest absolute Gasteiger partial charge is 0.234 e. The maximum Gasteiger partial charge on any atom is 0.234 e. The monoisotopic (exact) mass is 481 g/mol. The SMILES string of the molecule is COc1ccc(C)cc1NC(=O)CSc1nnc2ccc(-c3ccc(-c4ccccc4)cc3)nn12. The average Bonchev–Trinajstić information content (AvgIpc) is 3.30. The Morgan fingerprint density at radius 3 is 2.43 bits per heavy atom. The number of carbonyl (C=O) groups is 1. The third kappa shape index (κ3) is 5.02. The predicted octanol–water partition coefficient (Wildman–Crippen LogP) is 5.51. The average molecular weight is 482 g/mol. The molecule has 1 N–H and O–H groups in total. The molecule has 35 heavy (non-hydrogen) atoms. The molecule has 0 aliphatic carbocycles. The summed E-state index contributed by atoms with van der Waals surface area (Å²) in [7, 11) is 1.58. The van der Waals surface area contributed by atoms with E-state index in [0.29, 0.717) is 22.2 Å². The van der Waals surface area contributed by atoms with Gasteiger partial charge in [-0.15, -0.1) is 10.2 Å². The Kier molecular flexibility index (Phi) is 6.45. The molecule has 0 atom stereocenters. The quantitative estimate of drug-likeness (QED) is 0.309. The predicted molar refractivity (Wildman–Crippen MR) is 139 cm³/mol. The third-order valence-electron chi connectivity index (χ3n) is 5.48. The van der Waals surface area contributed by atoms with E-state index in [1.165, 1.54) is 17.3 Å². The topological polar surface area (TPSA) is 81.4 Å². The lowest BCUT2D eigenvalue weighted by Crippen LogP contribution is -2.15. The molecule has 0 saturated heterocycles. The Balaban J connectivity index is 1.31. The fourth-order valence-corrected chi connectivity index (χ4v) is 4.40. The standard InChI is InChI=1S/C27H23N5O2S/c1-18-8-14-24(34-2)23(16-18)28-26(33)17-35-27-30-29-25-15-13-22(31-32(25)27)21-11-9-20(10-12-21)19-6-4-3-5-7-19/h3-16H,17H2,1-2H3,(H,28,33). The van der Waals surface area contributed by atoms with Crippen LogP contribution in [0.4, 0.5) is 5.69 Å². The van der Waals surface area contributed by atoms with Crippen molar-refractivity contribution in [3.05, 3.63) is 90.5 Å². The molecule has 0 radical (unpaired) electrons. The number of ether oxygens (including phenoxy) is 1. The van der Waals surface area contributed by atoms with E-state index in [0.717, 1.165) is 22.4 Å². The molecule has 0 unspecified atom stereocenters. The molecule has 5 aromatic rings. The van der Waals surface area contributed by atoms with Crippen LogP contribution in [0.3, 0.4) is 0 Å². The number of hydrogen-bond acceptors (Lipinski definition) is 6. The number of methoxy groups -OCH3 is 1. The Labute approximate surface area is 207 Å². The van der Waals surface area contributed by atoms with E-state index in [1.54, 1.807) is 11.6 Å². The van der Waals surface area contributed by atoms with Crippen LogP contribution in [-0.4, -0.2) is 38.6 Å². The number of benzene rings is 3. The molecule has 8 heteroatoms. The van der Waals surface area contributed by atoms with Crippen molar-refractivity contribution in [3.63, 3.8) is 0 Å². The molecule has 1 amide bonds.